The molecule has 51 heavy (non-hydrogen) atoms. The maximum absolute atomic E-state index is 14.0. The van der Waals surface area contributed by atoms with Crippen LogP contribution in [0, 0.1) is 5.92 Å². The van der Waals surface area contributed by atoms with Crippen LogP contribution in [0.25, 0.3) is 0 Å². The van der Waals surface area contributed by atoms with Gasteiger partial charge in [-0.3, -0.25) is 14.4 Å². The number of carboxylic acids is 1. The van der Waals surface area contributed by atoms with E-state index in [0.29, 0.717) is 55.6 Å². The largest absolute Gasteiger partial charge is 0.496 e. The Balaban J connectivity index is 1.23. The molecule has 2 fully saturated rings. The number of para-hydroxylation sites is 2. The van der Waals surface area contributed by atoms with Crippen LogP contribution in [-0.4, -0.2) is 95.1 Å². The predicted octanol–water partition coefficient (Wildman–Crippen LogP) is 4.94. The van der Waals surface area contributed by atoms with E-state index in [4.69, 9.17) is 19.4 Å². The number of fused-ring (bicyclic) bond motifs is 1. The molecule has 2 aliphatic heterocycles. The average molecular weight is 692 g/mol. The van der Waals surface area contributed by atoms with Gasteiger partial charge in [0.1, 0.15) is 24.7 Å². The minimum absolute atomic E-state index is 0.0167. The van der Waals surface area contributed by atoms with E-state index < -0.39 is 18.4 Å². The molecule has 0 saturated carbocycles. The van der Waals surface area contributed by atoms with Gasteiger partial charge >= 0.3 is 5.97 Å². The number of carbonyl (C=O) groups is 3. The second kappa shape index (κ2) is 17.0. The van der Waals surface area contributed by atoms with Crippen LogP contribution in [-0.2, 0) is 28.9 Å². The monoisotopic (exact) mass is 691 g/mol. The van der Waals surface area contributed by atoms with Gasteiger partial charge in [0.25, 0.3) is 5.91 Å². The Hall–Kier alpha value is -5.45. The van der Waals surface area contributed by atoms with E-state index >= 15 is 0 Å². The Morgan fingerprint density at radius 3 is 2.43 bits per heavy atom. The number of hydrogen-bond donors (Lipinski definition) is 1. The summed E-state index contributed by atoms with van der Waals surface area (Å²) in [7, 11) is 1.62. The number of hydrogen-bond acceptors (Lipinski definition) is 8. The molecule has 3 aromatic carbocycles. The van der Waals surface area contributed by atoms with Crippen LogP contribution >= 0.6 is 0 Å². The van der Waals surface area contributed by atoms with Gasteiger partial charge in [-0.05, 0) is 55.4 Å². The number of aromatic nitrogens is 2. The molecule has 0 unspecified atom stereocenters. The number of methoxy groups -OCH3 is 1. The fourth-order valence-electron chi connectivity index (χ4n) is 7.14. The van der Waals surface area contributed by atoms with E-state index in [0.717, 1.165) is 30.4 Å². The van der Waals surface area contributed by atoms with Gasteiger partial charge in [0.2, 0.25) is 11.9 Å². The lowest BCUT2D eigenvalue weighted by molar-refractivity contribution is -0.138. The molecule has 11 nitrogen and oxygen atoms in total. The lowest BCUT2D eigenvalue weighted by Gasteiger charge is -2.30. The van der Waals surface area contributed by atoms with Crippen LogP contribution in [0.4, 0.5) is 5.95 Å². The zero-order valence-electron chi connectivity index (χ0n) is 29.0. The Kier molecular flexibility index (Phi) is 11.8. The Bertz CT molecular complexity index is 1790. The summed E-state index contributed by atoms with van der Waals surface area (Å²) in [4.78, 5) is 54.8. The summed E-state index contributed by atoms with van der Waals surface area (Å²) in [5.41, 5.74) is 2.81. The minimum atomic E-state index is -1.12. The molecule has 0 radical (unpaired) electrons. The van der Waals surface area contributed by atoms with E-state index in [2.05, 4.69) is 4.90 Å². The maximum Gasteiger partial charge on any atom is 0.323 e. The van der Waals surface area contributed by atoms with E-state index in [1.54, 1.807) is 7.11 Å². The van der Waals surface area contributed by atoms with E-state index in [1.807, 2.05) is 89.8 Å². The van der Waals surface area contributed by atoms with Crippen molar-refractivity contribution in [3.05, 3.63) is 114 Å². The number of aliphatic carboxylic acids is 1. The van der Waals surface area contributed by atoms with Gasteiger partial charge in [0.15, 0.2) is 0 Å². The number of carbonyl (C=O) groups excluding carboxylic acids is 2. The molecule has 2 saturated heterocycles. The third-order valence-corrected chi connectivity index (χ3v) is 9.73. The third-order valence-electron chi connectivity index (χ3n) is 9.73. The quantitative estimate of drug-likeness (QED) is 0.196. The van der Waals surface area contributed by atoms with Gasteiger partial charge in [-0.25, -0.2) is 9.97 Å². The van der Waals surface area contributed by atoms with Crippen LogP contribution in [0.5, 0.6) is 11.5 Å². The van der Waals surface area contributed by atoms with Crippen molar-refractivity contribution >= 4 is 23.7 Å². The molecular formula is C40H45N5O6. The molecule has 3 heterocycles. The van der Waals surface area contributed by atoms with E-state index in [9.17, 15) is 19.5 Å². The maximum atomic E-state index is 14.0. The van der Waals surface area contributed by atoms with E-state index in [-0.39, 0.29) is 43.0 Å². The summed E-state index contributed by atoms with van der Waals surface area (Å²) in [5, 5.41) is 9.69. The molecule has 266 valence electrons. The third kappa shape index (κ3) is 9.02. The molecule has 4 aromatic rings. The first-order valence-corrected chi connectivity index (χ1v) is 17.6. The van der Waals surface area contributed by atoms with Gasteiger partial charge in [0.05, 0.1) is 37.4 Å². The first-order chi connectivity index (χ1) is 24.9. The lowest BCUT2D eigenvalue weighted by atomic mass is 9.98. The SMILES string of the molecule is COc1ccccc1CC(=O)N1CCCC[C@H]2CN(c3ncc(C(=O)N(CCOc4ccccc4)CC(=O)O)c(CCc4ccccc4)n3)C[C@H]21. The summed E-state index contributed by atoms with van der Waals surface area (Å²) in [5.74, 6) is 0.633. The van der Waals surface area contributed by atoms with Crippen molar-refractivity contribution < 1.29 is 29.0 Å². The standard InChI is InChI=1S/C40H45N5O6/c1-50-36-18-9-8-14-30(36)24-37(46)45-21-11-10-15-31-26-44(27-35(31)45)40-41-25-33(34(42-40)20-19-29-12-4-2-5-13-29)39(49)43(28-38(47)48)22-23-51-32-16-6-3-7-17-32/h2-9,12-14,16-18,25,31,35H,10-11,15,19-24,26-28H2,1H3,(H,47,48)/t31-,35+/m0/s1. The molecule has 1 N–H and O–H groups in total. The van der Waals surface area contributed by atoms with Gasteiger partial charge < -0.3 is 29.3 Å². The number of aryl methyl sites for hydroxylation is 2. The highest BCUT2D eigenvalue weighted by atomic mass is 16.5. The van der Waals surface area contributed by atoms with Crippen molar-refractivity contribution in [2.45, 2.75) is 44.6 Å². The highest BCUT2D eigenvalue weighted by molar-refractivity contribution is 5.96. The van der Waals surface area contributed by atoms with Crippen LogP contribution in [0.2, 0.25) is 0 Å². The fourth-order valence-corrected chi connectivity index (χ4v) is 7.14. The number of anilines is 1. The molecule has 0 aliphatic carbocycles. The lowest BCUT2D eigenvalue weighted by Crippen LogP contribution is -2.45. The van der Waals surface area contributed by atoms with Crippen molar-refractivity contribution in [2.24, 2.45) is 5.92 Å². The van der Waals surface area contributed by atoms with E-state index in [1.165, 1.54) is 11.1 Å². The number of rotatable bonds is 14. The number of amides is 2. The number of carboxylic acid groups (broad SMARTS) is 1. The molecule has 1 aromatic heterocycles. The van der Waals surface area contributed by atoms with Crippen molar-refractivity contribution in [1.82, 2.24) is 19.8 Å². The van der Waals surface area contributed by atoms with Crippen molar-refractivity contribution in [3.8, 4) is 11.5 Å². The number of ether oxygens (including phenoxy) is 2. The zero-order chi connectivity index (χ0) is 35.6. The van der Waals surface area contributed by atoms with Gasteiger partial charge in [-0.15, -0.1) is 0 Å². The Labute approximate surface area is 298 Å². The second-order valence-electron chi connectivity index (χ2n) is 13.1. The Morgan fingerprint density at radius 2 is 1.67 bits per heavy atom. The van der Waals surface area contributed by atoms with Crippen LogP contribution in [0.15, 0.2) is 91.1 Å². The van der Waals surface area contributed by atoms with Crippen molar-refractivity contribution in [1.29, 1.82) is 0 Å². The summed E-state index contributed by atoms with van der Waals surface area (Å²) < 4.78 is 11.3. The summed E-state index contributed by atoms with van der Waals surface area (Å²) in [6.07, 6.45) is 5.93. The van der Waals surface area contributed by atoms with Crippen LogP contribution in [0.3, 0.4) is 0 Å². The van der Waals surface area contributed by atoms with Crippen LogP contribution in [0.1, 0.15) is 46.4 Å². The first-order valence-electron chi connectivity index (χ1n) is 17.6. The fraction of sp³-hybridized carbons (Fsp3) is 0.375. The molecule has 0 bridgehead atoms. The van der Waals surface area contributed by atoms with Crippen molar-refractivity contribution in [2.75, 3.05) is 51.3 Å². The summed E-state index contributed by atoms with van der Waals surface area (Å²) in [6, 6.07) is 26.8. The van der Waals surface area contributed by atoms with Gasteiger partial charge in [-0.2, -0.15) is 0 Å². The highest BCUT2D eigenvalue weighted by Gasteiger charge is 2.41. The topological polar surface area (TPSA) is 125 Å². The molecule has 6 rings (SSSR count). The smallest absolute Gasteiger partial charge is 0.323 e. The molecule has 2 aliphatic rings. The summed E-state index contributed by atoms with van der Waals surface area (Å²) in [6.45, 7) is 1.72. The van der Waals surface area contributed by atoms with Crippen LogP contribution < -0.4 is 14.4 Å². The highest BCUT2D eigenvalue weighted by Crippen LogP contribution is 2.33. The normalized spacial score (nSPS) is 17.0. The first kappa shape index (κ1) is 35.4. The number of benzene rings is 3. The second-order valence-corrected chi connectivity index (χ2v) is 13.1. The average Bonchev–Trinajstić information content (AvgIpc) is 3.47. The minimum Gasteiger partial charge on any atom is -0.496 e. The predicted molar refractivity (Wildman–Crippen MR) is 193 cm³/mol. The molecule has 2 amide bonds. The zero-order valence-corrected chi connectivity index (χ0v) is 29.0. The molecule has 11 heteroatoms. The molecule has 0 spiro atoms. The van der Waals surface area contributed by atoms with Crippen molar-refractivity contribution in [3.63, 3.8) is 0 Å². The van der Waals surface area contributed by atoms with Gasteiger partial charge in [-0.1, -0.05) is 73.2 Å². The number of likely N-dealkylation sites (tertiary alicyclic amines) is 1. The Morgan fingerprint density at radius 1 is 0.922 bits per heavy atom. The number of nitrogens with zero attached hydrogens (tertiary/aromatic N) is 5. The van der Waals surface area contributed by atoms with Gasteiger partial charge in [0, 0.05) is 31.4 Å². The molecule has 2 atom stereocenters. The molecular weight excluding hydrogens is 646 g/mol. The summed E-state index contributed by atoms with van der Waals surface area (Å²) >= 11 is 0.